The van der Waals surface area contributed by atoms with E-state index < -0.39 is 5.97 Å². The minimum atomic E-state index is -0.470. The molecule has 0 aliphatic carbocycles. The van der Waals surface area contributed by atoms with Crippen molar-refractivity contribution in [3.8, 4) is 11.5 Å². The van der Waals surface area contributed by atoms with Crippen LogP contribution < -0.4 is 9.47 Å². The molecule has 0 aliphatic rings. The smallest absolute Gasteiger partial charge is 0.349 e. The van der Waals surface area contributed by atoms with E-state index in [1.165, 1.54) is 0 Å². The van der Waals surface area contributed by atoms with Crippen LogP contribution in [0.25, 0.3) is 11.1 Å². The topological polar surface area (TPSA) is 61.6 Å². The molecule has 0 aliphatic heterocycles. The zero-order valence-corrected chi connectivity index (χ0v) is 13.0. The first-order chi connectivity index (χ1) is 11.1. The van der Waals surface area contributed by atoms with Crippen molar-refractivity contribution in [1.29, 1.82) is 0 Å². The summed E-state index contributed by atoms with van der Waals surface area (Å²) in [6, 6.07) is 12.7. The number of hydrogen-bond acceptors (Lipinski definition) is 5. The number of hydrogen-bond donors (Lipinski definition) is 0. The van der Waals surface area contributed by atoms with Gasteiger partial charge in [0.15, 0.2) is 18.1 Å². The van der Waals surface area contributed by atoms with E-state index in [2.05, 4.69) is 11.9 Å². The molecule has 0 radical (unpaired) electrons. The van der Waals surface area contributed by atoms with Crippen LogP contribution >= 0.6 is 0 Å². The van der Waals surface area contributed by atoms with Gasteiger partial charge in [-0.3, -0.25) is 0 Å². The first-order valence-electron chi connectivity index (χ1n) is 7.43. The van der Waals surface area contributed by atoms with Gasteiger partial charge in [0.1, 0.15) is 17.0 Å². The molecular weight excluding hydrogens is 294 g/mol. The maximum Gasteiger partial charge on any atom is 0.349 e. The van der Waals surface area contributed by atoms with Crippen LogP contribution in [0, 0.1) is 6.92 Å². The van der Waals surface area contributed by atoms with E-state index >= 15 is 0 Å². The Hall–Kier alpha value is -2.82. The van der Waals surface area contributed by atoms with E-state index in [1.807, 2.05) is 24.3 Å². The summed E-state index contributed by atoms with van der Waals surface area (Å²) in [5.41, 5.74) is 2.47. The molecule has 3 aromatic rings. The monoisotopic (exact) mass is 311 g/mol. The lowest BCUT2D eigenvalue weighted by Gasteiger charge is -2.07. The first kappa shape index (κ1) is 15.1. The van der Waals surface area contributed by atoms with Gasteiger partial charge in [0.05, 0.1) is 0 Å². The maximum absolute atomic E-state index is 11.9. The second-order valence-corrected chi connectivity index (χ2v) is 5.13. The van der Waals surface area contributed by atoms with E-state index in [4.69, 9.17) is 13.9 Å². The molecule has 1 heterocycles. The third kappa shape index (κ3) is 3.69. The molecule has 5 heteroatoms. The summed E-state index contributed by atoms with van der Waals surface area (Å²) in [6.07, 6.45) is 0.915. The highest BCUT2D eigenvalue weighted by Crippen LogP contribution is 2.21. The number of oxazole rings is 1. The Kier molecular flexibility index (Phi) is 4.28. The largest absolute Gasteiger partial charge is 0.482 e. The zero-order chi connectivity index (χ0) is 16.2. The van der Waals surface area contributed by atoms with Crippen LogP contribution in [-0.2, 0) is 11.2 Å². The van der Waals surface area contributed by atoms with Gasteiger partial charge in [-0.2, -0.15) is 0 Å². The maximum atomic E-state index is 11.9. The van der Waals surface area contributed by atoms with Crippen LogP contribution in [0.5, 0.6) is 11.5 Å². The van der Waals surface area contributed by atoms with Crippen molar-refractivity contribution >= 4 is 17.1 Å². The molecule has 5 nitrogen and oxygen atoms in total. The number of carbonyl (C=O) groups excluding carboxylic acids is 1. The minimum Gasteiger partial charge on any atom is -0.482 e. The fraction of sp³-hybridized carbons (Fsp3) is 0.222. The quantitative estimate of drug-likeness (QED) is 0.531. The lowest BCUT2D eigenvalue weighted by Crippen LogP contribution is -2.17. The number of benzene rings is 2. The Morgan fingerprint density at radius 2 is 2.04 bits per heavy atom. The van der Waals surface area contributed by atoms with Crippen molar-refractivity contribution < 1.29 is 18.7 Å². The van der Waals surface area contributed by atoms with E-state index in [9.17, 15) is 4.79 Å². The Balaban J connectivity index is 1.61. The van der Waals surface area contributed by atoms with Gasteiger partial charge in [0, 0.05) is 13.0 Å². The number of esters is 1. The molecular formula is C18H17NO4. The van der Waals surface area contributed by atoms with Crippen molar-refractivity contribution in [3.05, 3.63) is 53.9 Å². The molecule has 0 N–H and O–H groups in total. The molecule has 2 aromatic carbocycles. The molecule has 0 saturated carbocycles. The van der Waals surface area contributed by atoms with Gasteiger partial charge >= 0.3 is 5.97 Å². The number of ether oxygens (including phenoxy) is 2. The number of carbonyl (C=O) groups is 1. The lowest BCUT2D eigenvalue weighted by molar-refractivity contribution is -0.136. The van der Waals surface area contributed by atoms with E-state index in [-0.39, 0.29) is 6.61 Å². The third-order valence-electron chi connectivity index (χ3n) is 3.36. The molecule has 3 rings (SSSR count). The molecule has 23 heavy (non-hydrogen) atoms. The van der Waals surface area contributed by atoms with E-state index in [0.717, 1.165) is 17.5 Å². The summed E-state index contributed by atoms with van der Waals surface area (Å²) >= 11 is 0. The van der Waals surface area contributed by atoms with Crippen LogP contribution in [0.3, 0.4) is 0 Å². The fourth-order valence-corrected chi connectivity index (χ4v) is 2.24. The van der Waals surface area contributed by atoms with E-state index in [0.29, 0.717) is 23.0 Å². The molecule has 0 atom stereocenters. The van der Waals surface area contributed by atoms with Crippen LogP contribution in [-0.4, -0.2) is 17.6 Å². The van der Waals surface area contributed by atoms with Gasteiger partial charge in [-0.25, -0.2) is 9.78 Å². The Morgan fingerprint density at radius 1 is 1.17 bits per heavy atom. The predicted octanol–water partition coefficient (Wildman–Crippen LogP) is 3.68. The van der Waals surface area contributed by atoms with Crippen LogP contribution in [0.1, 0.15) is 18.4 Å². The summed E-state index contributed by atoms with van der Waals surface area (Å²) in [6.45, 7) is 3.68. The highest BCUT2D eigenvalue weighted by molar-refractivity contribution is 5.78. The standard InChI is InChI=1S/C18H17NO4/c1-3-13-5-4-6-14(9-13)21-11-18(20)23-15-7-8-16-17(10-15)22-12(2)19-16/h4-10H,3,11H2,1-2H3. The Morgan fingerprint density at radius 3 is 2.87 bits per heavy atom. The average Bonchev–Trinajstić information content (AvgIpc) is 2.92. The average molecular weight is 311 g/mol. The number of fused-ring (bicyclic) bond motifs is 1. The van der Waals surface area contributed by atoms with Crippen molar-refractivity contribution in [3.63, 3.8) is 0 Å². The lowest BCUT2D eigenvalue weighted by atomic mass is 10.2. The fourth-order valence-electron chi connectivity index (χ4n) is 2.24. The normalized spacial score (nSPS) is 10.7. The summed E-state index contributed by atoms with van der Waals surface area (Å²) in [4.78, 5) is 16.1. The van der Waals surface area contributed by atoms with Crippen LogP contribution in [0.15, 0.2) is 46.9 Å². The van der Waals surface area contributed by atoms with Gasteiger partial charge in [0.2, 0.25) is 0 Å². The Bertz CT molecular complexity index is 838. The van der Waals surface area contributed by atoms with Crippen molar-refractivity contribution in [2.24, 2.45) is 0 Å². The number of nitrogens with zero attached hydrogens (tertiary/aromatic N) is 1. The molecule has 1 aromatic heterocycles. The summed E-state index contributed by atoms with van der Waals surface area (Å²) in [5.74, 6) is 1.16. The van der Waals surface area contributed by atoms with Gasteiger partial charge in [-0.1, -0.05) is 19.1 Å². The minimum absolute atomic E-state index is 0.152. The third-order valence-corrected chi connectivity index (χ3v) is 3.36. The van der Waals surface area contributed by atoms with E-state index in [1.54, 1.807) is 25.1 Å². The molecule has 0 spiro atoms. The highest BCUT2D eigenvalue weighted by Gasteiger charge is 2.09. The van der Waals surface area contributed by atoms with Crippen LogP contribution in [0.4, 0.5) is 0 Å². The van der Waals surface area contributed by atoms with Crippen molar-refractivity contribution in [2.45, 2.75) is 20.3 Å². The van der Waals surface area contributed by atoms with Gasteiger partial charge in [-0.05, 0) is 36.2 Å². The second-order valence-electron chi connectivity index (χ2n) is 5.13. The second kappa shape index (κ2) is 6.52. The van der Waals surface area contributed by atoms with Gasteiger partial charge in [0.25, 0.3) is 0 Å². The first-order valence-corrected chi connectivity index (χ1v) is 7.43. The Labute approximate surface area is 133 Å². The zero-order valence-electron chi connectivity index (χ0n) is 13.0. The molecule has 118 valence electrons. The SMILES string of the molecule is CCc1cccc(OCC(=O)Oc2ccc3nc(C)oc3c2)c1. The summed E-state index contributed by atoms with van der Waals surface area (Å²) < 4.78 is 16.1. The molecule has 0 amide bonds. The predicted molar refractivity (Wildman–Crippen MR) is 85.7 cm³/mol. The summed E-state index contributed by atoms with van der Waals surface area (Å²) in [7, 11) is 0. The molecule has 0 saturated heterocycles. The van der Waals surface area contributed by atoms with Gasteiger partial charge < -0.3 is 13.9 Å². The van der Waals surface area contributed by atoms with Gasteiger partial charge in [-0.15, -0.1) is 0 Å². The van der Waals surface area contributed by atoms with Crippen LogP contribution in [0.2, 0.25) is 0 Å². The number of aryl methyl sites for hydroxylation is 2. The number of aromatic nitrogens is 1. The molecule has 0 unspecified atom stereocenters. The molecule has 0 bridgehead atoms. The summed E-state index contributed by atoms with van der Waals surface area (Å²) in [5, 5.41) is 0. The molecule has 0 fully saturated rings. The number of rotatable bonds is 5. The van der Waals surface area contributed by atoms with Crippen molar-refractivity contribution in [1.82, 2.24) is 4.98 Å². The van der Waals surface area contributed by atoms with Crippen molar-refractivity contribution in [2.75, 3.05) is 6.61 Å². The highest BCUT2D eigenvalue weighted by atomic mass is 16.6.